The van der Waals surface area contributed by atoms with Crippen molar-refractivity contribution >= 4 is 0 Å². The molecular formula is C13H28O. The number of aliphatic hydroxyl groups is 1. The standard InChI is InChI=1S/C13H28O/c1-4-6-7-8-10-13(14)11-12(3)9-5-2/h12-14H,4-11H2,1-3H3. The van der Waals surface area contributed by atoms with Gasteiger partial charge in [0.25, 0.3) is 0 Å². The molecule has 0 aliphatic heterocycles. The van der Waals surface area contributed by atoms with Crippen molar-refractivity contribution in [1.29, 1.82) is 0 Å². The summed E-state index contributed by atoms with van der Waals surface area (Å²) in [6.45, 7) is 6.68. The highest BCUT2D eigenvalue weighted by Gasteiger charge is 2.08. The fourth-order valence-electron chi connectivity index (χ4n) is 2.00. The van der Waals surface area contributed by atoms with Gasteiger partial charge in [-0.2, -0.15) is 0 Å². The first-order chi connectivity index (χ1) is 6.70. The van der Waals surface area contributed by atoms with Gasteiger partial charge in [0.15, 0.2) is 0 Å². The largest absolute Gasteiger partial charge is 0.393 e. The summed E-state index contributed by atoms with van der Waals surface area (Å²) in [4.78, 5) is 0. The number of hydrogen-bond donors (Lipinski definition) is 1. The van der Waals surface area contributed by atoms with Crippen LogP contribution < -0.4 is 0 Å². The molecule has 0 spiro atoms. The van der Waals surface area contributed by atoms with E-state index < -0.39 is 0 Å². The highest BCUT2D eigenvalue weighted by Crippen LogP contribution is 2.16. The summed E-state index contributed by atoms with van der Waals surface area (Å²) in [6, 6.07) is 0. The average molecular weight is 200 g/mol. The monoisotopic (exact) mass is 200 g/mol. The lowest BCUT2D eigenvalue weighted by atomic mass is 9.96. The molecule has 0 aromatic carbocycles. The minimum atomic E-state index is -0.0478. The molecule has 0 bridgehead atoms. The minimum absolute atomic E-state index is 0.0478. The van der Waals surface area contributed by atoms with E-state index in [4.69, 9.17) is 0 Å². The Morgan fingerprint density at radius 3 is 2.21 bits per heavy atom. The average Bonchev–Trinajstić information content (AvgIpc) is 2.13. The molecule has 1 heteroatoms. The van der Waals surface area contributed by atoms with Crippen LogP contribution in [-0.2, 0) is 0 Å². The summed E-state index contributed by atoms with van der Waals surface area (Å²) in [5.74, 6) is 0.696. The molecular weight excluding hydrogens is 172 g/mol. The highest BCUT2D eigenvalue weighted by atomic mass is 16.3. The van der Waals surface area contributed by atoms with Crippen molar-refractivity contribution in [3.05, 3.63) is 0 Å². The summed E-state index contributed by atoms with van der Waals surface area (Å²) in [6.07, 6.45) is 9.54. The van der Waals surface area contributed by atoms with Crippen molar-refractivity contribution in [3.8, 4) is 0 Å². The first kappa shape index (κ1) is 14.0. The molecule has 0 heterocycles. The van der Waals surface area contributed by atoms with Crippen LogP contribution >= 0.6 is 0 Å². The second-order valence-corrected chi connectivity index (χ2v) is 4.63. The van der Waals surface area contributed by atoms with Crippen molar-refractivity contribution in [3.63, 3.8) is 0 Å². The zero-order valence-corrected chi connectivity index (χ0v) is 10.3. The van der Waals surface area contributed by atoms with Crippen molar-refractivity contribution in [2.45, 2.75) is 78.2 Å². The molecule has 0 saturated carbocycles. The highest BCUT2D eigenvalue weighted by molar-refractivity contribution is 4.61. The molecule has 1 nitrogen and oxygen atoms in total. The molecule has 0 fully saturated rings. The van der Waals surface area contributed by atoms with Crippen molar-refractivity contribution < 1.29 is 5.11 Å². The van der Waals surface area contributed by atoms with Crippen LogP contribution in [0.4, 0.5) is 0 Å². The molecule has 0 aliphatic carbocycles. The summed E-state index contributed by atoms with van der Waals surface area (Å²) in [5, 5.41) is 9.75. The van der Waals surface area contributed by atoms with Crippen LogP contribution in [0.1, 0.15) is 72.1 Å². The van der Waals surface area contributed by atoms with E-state index in [0.29, 0.717) is 5.92 Å². The van der Waals surface area contributed by atoms with Gasteiger partial charge in [0, 0.05) is 0 Å². The second-order valence-electron chi connectivity index (χ2n) is 4.63. The second kappa shape index (κ2) is 9.51. The van der Waals surface area contributed by atoms with Crippen molar-refractivity contribution in [2.24, 2.45) is 5.92 Å². The maximum Gasteiger partial charge on any atom is 0.0542 e. The quantitative estimate of drug-likeness (QED) is 0.554. The Morgan fingerprint density at radius 1 is 0.929 bits per heavy atom. The van der Waals surface area contributed by atoms with E-state index in [2.05, 4.69) is 20.8 Å². The van der Waals surface area contributed by atoms with Gasteiger partial charge in [-0.3, -0.25) is 0 Å². The fourth-order valence-corrected chi connectivity index (χ4v) is 2.00. The Morgan fingerprint density at radius 2 is 1.64 bits per heavy atom. The molecule has 14 heavy (non-hydrogen) atoms. The van der Waals surface area contributed by atoms with E-state index in [1.807, 2.05) is 0 Å². The van der Waals surface area contributed by atoms with Gasteiger partial charge in [0.1, 0.15) is 0 Å². The van der Waals surface area contributed by atoms with Gasteiger partial charge in [-0.1, -0.05) is 59.3 Å². The summed E-state index contributed by atoms with van der Waals surface area (Å²) in [7, 11) is 0. The van der Waals surface area contributed by atoms with Gasteiger partial charge in [-0.15, -0.1) is 0 Å². The number of unbranched alkanes of at least 4 members (excludes halogenated alkanes) is 3. The molecule has 0 aromatic heterocycles. The number of rotatable bonds is 9. The van der Waals surface area contributed by atoms with Crippen LogP contribution in [0.3, 0.4) is 0 Å². The molecule has 0 saturated heterocycles. The van der Waals surface area contributed by atoms with E-state index in [0.717, 1.165) is 12.8 Å². The maximum absolute atomic E-state index is 9.75. The van der Waals surface area contributed by atoms with E-state index in [-0.39, 0.29) is 6.10 Å². The van der Waals surface area contributed by atoms with Gasteiger partial charge >= 0.3 is 0 Å². The van der Waals surface area contributed by atoms with E-state index in [1.54, 1.807) is 0 Å². The topological polar surface area (TPSA) is 20.2 Å². The number of aliphatic hydroxyl groups excluding tert-OH is 1. The SMILES string of the molecule is CCCCCCC(O)CC(C)CCC. The predicted molar refractivity (Wildman–Crippen MR) is 63.5 cm³/mol. The third-order valence-electron chi connectivity index (χ3n) is 2.85. The van der Waals surface area contributed by atoms with E-state index in [1.165, 1.54) is 38.5 Å². The first-order valence-corrected chi connectivity index (χ1v) is 6.38. The van der Waals surface area contributed by atoms with Crippen LogP contribution in [0.2, 0.25) is 0 Å². The molecule has 0 rings (SSSR count). The van der Waals surface area contributed by atoms with Crippen molar-refractivity contribution in [2.75, 3.05) is 0 Å². The summed E-state index contributed by atoms with van der Waals surface area (Å²) in [5.41, 5.74) is 0. The third-order valence-corrected chi connectivity index (χ3v) is 2.85. The summed E-state index contributed by atoms with van der Waals surface area (Å²) < 4.78 is 0. The molecule has 86 valence electrons. The Kier molecular flexibility index (Phi) is 9.49. The first-order valence-electron chi connectivity index (χ1n) is 6.38. The van der Waals surface area contributed by atoms with Crippen molar-refractivity contribution in [1.82, 2.24) is 0 Å². The lowest BCUT2D eigenvalue weighted by Gasteiger charge is -2.15. The maximum atomic E-state index is 9.75. The zero-order chi connectivity index (χ0) is 10.8. The normalized spacial score (nSPS) is 15.4. The lowest BCUT2D eigenvalue weighted by molar-refractivity contribution is 0.131. The van der Waals surface area contributed by atoms with Crippen LogP contribution in [-0.4, -0.2) is 11.2 Å². The van der Waals surface area contributed by atoms with Crippen LogP contribution in [0.25, 0.3) is 0 Å². The minimum Gasteiger partial charge on any atom is -0.393 e. The Hall–Kier alpha value is -0.0400. The smallest absolute Gasteiger partial charge is 0.0542 e. The molecule has 2 unspecified atom stereocenters. The van der Waals surface area contributed by atoms with Gasteiger partial charge < -0.3 is 5.11 Å². The van der Waals surface area contributed by atoms with Gasteiger partial charge in [0.05, 0.1) is 6.10 Å². The van der Waals surface area contributed by atoms with Crippen LogP contribution in [0, 0.1) is 5.92 Å². The van der Waals surface area contributed by atoms with Gasteiger partial charge in [-0.05, 0) is 18.8 Å². The molecule has 0 radical (unpaired) electrons. The summed E-state index contributed by atoms with van der Waals surface area (Å²) >= 11 is 0. The third kappa shape index (κ3) is 8.55. The molecule has 0 aromatic rings. The zero-order valence-electron chi connectivity index (χ0n) is 10.3. The van der Waals surface area contributed by atoms with Crippen LogP contribution in [0.15, 0.2) is 0 Å². The molecule has 0 amide bonds. The molecule has 0 aliphatic rings. The van der Waals surface area contributed by atoms with Gasteiger partial charge in [-0.25, -0.2) is 0 Å². The van der Waals surface area contributed by atoms with E-state index >= 15 is 0 Å². The fraction of sp³-hybridized carbons (Fsp3) is 1.00. The van der Waals surface area contributed by atoms with Gasteiger partial charge in [0.2, 0.25) is 0 Å². The lowest BCUT2D eigenvalue weighted by Crippen LogP contribution is -2.11. The molecule has 1 N–H and O–H groups in total. The Bertz CT molecular complexity index is 112. The Balaban J connectivity index is 3.30. The number of hydrogen-bond acceptors (Lipinski definition) is 1. The Labute approximate surface area is 89.9 Å². The van der Waals surface area contributed by atoms with Crippen LogP contribution in [0.5, 0.6) is 0 Å². The molecule has 2 atom stereocenters. The predicted octanol–water partition coefficient (Wildman–Crippen LogP) is 4.14. The van der Waals surface area contributed by atoms with E-state index in [9.17, 15) is 5.11 Å².